The van der Waals surface area contributed by atoms with E-state index >= 15 is 0 Å². The monoisotopic (exact) mass is 411 g/mol. The molecule has 11 heteroatoms. The molecule has 11 nitrogen and oxygen atoms in total. The molecule has 0 aromatic carbocycles. The number of aliphatic hydroxyl groups excluding tert-OH is 1. The number of carbonyl (C=O) groups excluding carboxylic acids is 2. The van der Waals surface area contributed by atoms with Crippen molar-refractivity contribution < 1.29 is 24.4 Å². The molecule has 0 unspecified atom stereocenters. The highest BCUT2D eigenvalue weighted by Crippen LogP contribution is 2.41. The number of hydrogen-bond donors (Lipinski definition) is 1. The van der Waals surface area contributed by atoms with Crippen molar-refractivity contribution in [1.29, 1.82) is 0 Å². The molecule has 1 fully saturated rings. The van der Waals surface area contributed by atoms with E-state index in [1.54, 1.807) is 0 Å². The molecule has 0 spiro atoms. The average molecular weight is 411 g/mol. The fraction of sp³-hybridized carbons (Fsp3) is 0.667. The maximum absolute atomic E-state index is 12.8. The lowest BCUT2D eigenvalue weighted by molar-refractivity contribution is -0.577. The first-order chi connectivity index (χ1) is 13.5. The molecule has 1 aliphatic heterocycles. The highest BCUT2D eigenvalue weighted by molar-refractivity contribution is 5.75. The molecule has 2 rings (SSSR count). The largest absolute Gasteiger partial charge is 0.393 e. The van der Waals surface area contributed by atoms with Crippen LogP contribution in [0.3, 0.4) is 0 Å². The molecule has 2 heterocycles. The van der Waals surface area contributed by atoms with Gasteiger partial charge in [0.05, 0.1) is 13.0 Å². The molecule has 1 N–H and O–H groups in total. The van der Waals surface area contributed by atoms with Crippen molar-refractivity contribution in [2.24, 2.45) is 0 Å². The highest BCUT2D eigenvalue weighted by atomic mass is 16.6. The van der Waals surface area contributed by atoms with E-state index in [1.807, 2.05) is 0 Å². The van der Waals surface area contributed by atoms with Gasteiger partial charge >= 0.3 is 5.69 Å². The Bertz CT molecular complexity index is 934. The van der Waals surface area contributed by atoms with Gasteiger partial charge in [0, 0.05) is 42.5 Å². The van der Waals surface area contributed by atoms with Gasteiger partial charge in [0.25, 0.3) is 11.1 Å². The van der Waals surface area contributed by atoms with E-state index in [0.29, 0.717) is 0 Å². The molecular weight excluding hydrogens is 386 g/mol. The van der Waals surface area contributed by atoms with Crippen molar-refractivity contribution in [3.8, 4) is 0 Å². The lowest BCUT2D eigenvalue weighted by Gasteiger charge is -2.23. The molecule has 0 bridgehead atoms. The van der Waals surface area contributed by atoms with E-state index in [9.17, 15) is 34.4 Å². The second kappa shape index (κ2) is 8.78. The Hall–Kier alpha value is -2.66. The predicted molar refractivity (Wildman–Crippen MR) is 100 cm³/mol. The number of carbonyl (C=O) groups is 2. The number of aliphatic hydroxyl groups is 1. The van der Waals surface area contributed by atoms with Crippen molar-refractivity contribution in [3.63, 3.8) is 0 Å². The van der Waals surface area contributed by atoms with Gasteiger partial charge in [-0.15, -0.1) is 0 Å². The fourth-order valence-corrected chi connectivity index (χ4v) is 3.54. The van der Waals surface area contributed by atoms with E-state index in [2.05, 4.69) is 0 Å². The Morgan fingerprint density at radius 1 is 1.31 bits per heavy atom. The van der Waals surface area contributed by atoms with Crippen LogP contribution in [-0.4, -0.2) is 49.0 Å². The van der Waals surface area contributed by atoms with Crippen molar-refractivity contribution in [1.82, 2.24) is 9.13 Å². The molecule has 3 atom stereocenters. The fourth-order valence-electron chi connectivity index (χ4n) is 3.54. The molecule has 0 saturated carbocycles. The highest BCUT2D eigenvalue weighted by Gasteiger charge is 2.58. The van der Waals surface area contributed by atoms with Crippen molar-refractivity contribution >= 4 is 11.6 Å². The number of aryl methyl sites for hydroxylation is 1. The summed E-state index contributed by atoms with van der Waals surface area (Å²) in [6.07, 6.45) is -1.53. The number of ether oxygens (including phenoxy) is 1. The molecule has 0 aliphatic carbocycles. The Kier molecular flexibility index (Phi) is 6.85. The minimum atomic E-state index is -1.74. The second-order valence-corrected chi connectivity index (χ2v) is 7.44. The summed E-state index contributed by atoms with van der Waals surface area (Å²) < 4.78 is 7.62. The zero-order valence-electron chi connectivity index (χ0n) is 16.6. The quantitative estimate of drug-likeness (QED) is 0.439. The third kappa shape index (κ3) is 4.51. The van der Waals surface area contributed by atoms with Crippen molar-refractivity contribution in [3.05, 3.63) is 42.7 Å². The summed E-state index contributed by atoms with van der Waals surface area (Å²) in [5.74, 6) is -0.435. The van der Waals surface area contributed by atoms with Gasteiger partial charge in [-0.05, 0) is 20.8 Å². The number of nitrogens with zero attached hydrogens (tertiary/aromatic N) is 3. The van der Waals surface area contributed by atoms with Gasteiger partial charge in [-0.25, -0.2) is 4.79 Å². The molecular formula is C18H25N3O8. The van der Waals surface area contributed by atoms with Gasteiger partial charge in [-0.3, -0.25) is 28.8 Å². The summed E-state index contributed by atoms with van der Waals surface area (Å²) in [7, 11) is 0. The summed E-state index contributed by atoms with van der Waals surface area (Å²) in [6, 6.07) is 0. The standard InChI is InChI=1S/C18H25N3O8/c1-11-9-20(17(26)19(16(11)25)7-5-13(3)24)15-8-18(21(27)28,6-4-12(2)23)14(10-22)29-15/h9,14-15,22H,4-8,10H2,1-3H3/t14-,15-,18+/m1/s1. The minimum Gasteiger partial charge on any atom is -0.393 e. The van der Waals surface area contributed by atoms with Crippen LogP contribution in [0.4, 0.5) is 0 Å². The zero-order valence-corrected chi connectivity index (χ0v) is 16.6. The Morgan fingerprint density at radius 2 is 1.93 bits per heavy atom. The molecule has 29 heavy (non-hydrogen) atoms. The smallest absolute Gasteiger partial charge is 0.333 e. The molecule has 1 saturated heterocycles. The first-order valence-electron chi connectivity index (χ1n) is 9.25. The number of Topliss-reactive ketones (excluding diaryl/α,β-unsaturated/α-hetero) is 2. The van der Waals surface area contributed by atoms with Crippen LogP contribution in [-0.2, 0) is 20.9 Å². The number of aromatic nitrogens is 2. The van der Waals surface area contributed by atoms with Crippen LogP contribution in [0.5, 0.6) is 0 Å². The summed E-state index contributed by atoms with van der Waals surface area (Å²) >= 11 is 0. The van der Waals surface area contributed by atoms with Crippen LogP contribution < -0.4 is 11.2 Å². The molecule has 1 aromatic rings. The lowest BCUT2D eigenvalue weighted by Crippen LogP contribution is -2.48. The number of rotatable bonds is 9. The first-order valence-corrected chi connectivity index (χ1v) is 9.25. The SMILES string of the molecule is CC(=O)CCn1c(=O)c(C)cn([C@H]2C[C@](CCC(C)=O)([N+](=O)[O-])[C@@H](CO)O2)c1=O. The van der Waals surface area contributed by atoms with Crippen molar-refractivity contribution in [2.75, 3.05) is 6.61 Å². The minimum absolute atomic E-state index is 0.0131. The van der Waals surface area contributed by atoms with Gasteiger partial charge in [0.1, 0.15) is 17.8 Å². The van der Waals surface area contributed by atoms with E-state index < -0.39 is 40.6 Å². The van der Waals surface area contributed by atoms with E-state index in [1.165, 1.54) is 27.0 Å². The molecule has 1 aromatic heterocycles. The summed E-state index contributed by atoms with van der Waals surface area (Å²) in [5, 5.41) is 21.5. The summed E-state index contributed by atoms with van der Waals surface area (Å²) in [5.41, 5.74) is -2.84. The molecule has 0 amide bonds. The van der Waals surface area contributed by atoms with Gasteiger partial charge in [0.15, 0.2) is 6.10 Å². The van der Waals surface area contributed by atoms with Gasteiger partial charge in [-0.2, -0.15) is 0 Å². The molecule has 160 valence electrons. The van der Waals surface area contributed by atoms with Gasteiger partial charge < -0.3 is 14.6 Å². The zero-order chi connectivity index (χ0) is 21.9. The molecule has 1 aliphatic rings. The maximum Gasteiger partial charge on any atom is 0.333 e. The topological polar surface area (TPSA) is 151 Å². The van der Waals surface area contributed by atoms with Crippen LogP contribution in [0.25, 0.3) is 0 Å². The van der Waals surface area contributed by atoms with E-state index in [0.717, 1.165) is 9.13 Å². The van der Waals surface area contributed by atoms with Crippen LogP contribution in [0, 0.1) is 17.0 Å². The Morgan fingerprint density at radius 3 is 2.45 bits per heavy atom. The Balaban J connectivity index is 2.48. The third-order valence-corrected chi connectivity index (χ3v) is 5.25. The van der Waals surface area contributed by atoms with Gasteiger partial charge in [0.2, 0.25) is 0 Å². The summed E-state index contributed by atoms with van der Waals surface area (Å²) in [6.45, 7) is 3.36. The third-order valence-electron chi connectivity index (χ3n) is 5.25. The second-order valence-electron chi connectivity index (χ2n) is 7.44. The summed E-state index contributed by atoms with van der Waals surface area (Å²) in [4.78, 5) is 59.1. The maximum atomic E-state index is 12.8. The number of nitro groups is 1. The van der Waals surface area contributed by atoms with Gasteiger partial charge in [-0.1, -0.05) is 0 Å². The molecule has 0 radical (unpaired) electrons. The number of ketones is 2. The average Bonchev–Trinajstić information content (AvgIpc) is 3.02. The van der Waals surface area contributed by atoms with Crippen LogP contribution >= 0.6 is 0 Å². The predicted octanol–water partition coefficient (Wildman–Crippen LogP) is -0.0380. The van der Waals surface area contributed by atoms with Crippen LogP contribution in [0.15, 0.2) is 15.8 Å². The normalized spacial score (nSPS) is 23.9. The van der Waals surface area contributed by atoms with Crippen LogP contribution in [0.1, 0.15) is 51.3 Å². The Labute approximate surface area is 166 Å². The lowest BCUT2D eigenvalue weighted by atomic mass is 9.86. The van der Waals surface area contributed by atoms with E-state index in [4.69, 9.17) is 4.74 Å². The number of hydrogen-bond acceptors (Lipinski definition) is 8. The van der Waals surface area contributed by atoms with E-state index in [-0.39, 0.29) is 49.4 Å². The van der Waals surface area contributed by atoms with Crippen LogP contribution in [0.2, 0.25) is 0 Å². The first kappa shape index (κ1) is 22.6. The van der Waals surface area contributed by atoms with Crippen molar-refractivity contribution in [2.45, 2.75) is 70.9 Å².